The monoisotopic (exact) mass is 320 g/mol. The smallest absolute Gasteiger partial charge is 0.382 e. The number of nitrogens with zero attached hydrogens (tertiary/aromatic N) is 1. The molecule has 0 aliphatic heterocycles. The molecular weight excluding hydrogens is 305 g/mol. The predicted octanol–water partition coefficient (Wildman–Crippen LogP) is 2.81. The van der Waals surface area contributed by atoms with E-state index >= 15 is 0 Å². The molecular formula is C13H15F3N2O2S. The first kappa shape index (κ1) is 17.3. The summed E-state index contributed by atoms with van der Waals surface area (Å²) in [5.74, 6) is 0. The van der Waals surface area contributed by atoms with E-state index in [1.807, 2.05) is 0 Å². The van der Waals surface area contributed by atoms with Gasteiger partial charge >= 0.3 is 6.18 Å². The summed E-state index contributed by atoms with van der Waals surface area (Å²) in [7, 11) is -3.35. The number of nitriles is 1. The Kier molecular flexibility index (Phi) is 4.58. The quantitative estimate of drug-likeness (QED) is 0.926. The lowest BCUT2D eigenvalue weighted by atomic mass is 10.1. The molecule has 116 valence electrons. The van der Waals surface area contributed by atoms with E-state index in [0.717, 1.165) is 24.5 Å². The summed E-state index contributed by atoms with van der Waals surface area (Å²) in [6, 6.07) is 4.37. The molecule has 0 aliphatic carbocycles. The van der Waals surface area contributed by atoms with Crippen LogP contribution in [0.3, 0.4) is 0 Å². The van der Waals surface area contributed by atoms with Crippen LogP contribution in [0.2, 0.25) is 0 Å². The lowest BCUT2D eigenvalue weighted by molar-refractivity contribution is -0.137. The highest BCUT2D eigenvalue weighted by Gasteiger charge is 2.32. The van der Waals surface area contributed by atoms with Crippen molar-refractivity contribution in [3.05, 3.63) is 29.3 Å². The Morgan fingerprint density at radius 3 is 2.29 bits per heavy atom. The van der Waals surface area contributed by atoms with Gasteiger partial charge in [-0.05, 0) is 32.0 Å². The molecule has 0 amide bonds. The van der Waals surface area contributed by atoms with Gasteiger partial charge in [-0.1, -0.05) is 0 Å². The normalized spacial score (nSPS) is 12.8. The van der Waals surface area contributed by atoms with E-state index in [-0.39, 0.29) is 17.8 Å². The predicted molar refractivity (Wildman–Crippen MR) is 73.6 cm³/mol. The molecule has 0 radical (unpaired) electrons. The minimum Gasteiger partial charge on any atom is -0.382 e. The molecule has 1 aromatic carbocycles. The maximum atomic E-state index is 12.6. The Balaban J connectivity index is 3.04. The van der Waals surface area contributed by atoms with Gasteiger partial charge in [-0.2, -0.15) is 18.4 Å². The van der Waals surface area contributed by atoms with Crippen molar-refractivity contribution < 1.29 is 21.6 Å². The van der Waals surface area contributed by atoms with Crippen molar-refractivity contribution in [3.8, 4) is 6.07 Å². The van der Waals surface area contributed by atoms with Crippen LogP contribution in [0.4, 0.5) is 18.9 Å². The van der Waals surface area contributed by atoms with Crippen LogP contribution in [-0.2, 0) is 16.0 Å². The average molecular weight is 320 g/mol. The first-order chi connectivity index (χ1) is 9.38. The number of benzene rings is 1. The Hall–Kier alpha value is -1.75. The van der Waals surface area contributed by atoms with Gasteiger partial charge in [0.1, 0.15) is 6.07 Å². The second-order valence-corrected chi connectivity index (χ2v) is 7.90. The molecule has 0 aromatic heterocycles. The van der Waals surface area contributed by atoms with Crippen LogP contribution in [0.25, 0.3) is 0 Å². The molecule has 1 N–H and O–H groups in total. The molecule has 1 rings (SSSR count). The van der Waals surface area contributed by atoms with Gasteiger partial charge in [0.15, 0.2) is 9.84 Å². The molecule has 0 fully saturated rings. The van der Waals surface area contributed by atoms with Gasteiger partial charge in [-0.25, -0.2) is 8.42 Å². The largest absolute Gasteiger partial charge is 0.416 e. The summed E-state index contributed by atoms with van der Waals surface area (Å²) in [4.78, 5) is 0. The molecule has 0 aliphatic rings. The van der Waals surface area contributed by atoms with Gasteiger partial charge < -0.3 is 5.32 Å². The fraction of sp³-hybridized carbons (Fsp3) is 0.462. The number of hydrogen-bond donors (Lipinski definition) is 1. The molecule has 0 saturated carbocycles. The lowest BCUT2D eigenvalue weighted by Gasteiger charge is -2.24. The van der Waals surface area contributed by atoms with E-state index in [1.54, 1.807) is 6.07 Å². The summed E-state index contributed by atoms with van der Waals surface area (Å²) in [5.41, 5.74) is -0.941. The number of alkyl halides is 3. The third kappa shape index (κ3) is 4.11. The van der Waals surface area contributed by atoms with Crippen LogP contribution in [0.5, 0.6) is 0 Å². The fourth-order valence-electron chi connectivity index (χ4n) is 1.41. The SMILES string of the molecule is CC(C)(CNc1ccc(C(F)(F)F)cc1C#N)S(C)(=O)=O. The highest BCUT2D eigenvalue weighted by molar-refractivity contribution is 7.92. The van der Waals surface area contributed by atoms with Crippen LogP contribution < -0.4 is 5.32 Å². The highest BCUT2D eigenvalue weighted by atomic mass is 32.2. The summed E-state index contributed by atoms with van der Waals surface area (Å²) >= 11 is 0. The van der Waals surface area contributed by atoms with E-state index in [4.69, 9.17) is 5.26 Å². The van der Waals surface area contributed by atoms with Crippen LogP contribution in [-0.4, -0.2) is 26.0 Å². The number of hydrogen-bond acceptors (Lipinski definition) is 4. The van der Waals surface area contributed by atoms with Crippen LogP contribution in [0.1, 0.15) is 25.0 Å². The minimum atomic E-state index is -4.53. The molecule has 0 unspecified atom stereocenters. The topological polar surface area (TPSA) is 70.0 Å². The standard InChI is InChI=1S/C13H15F3N2O2S/c1-12(2,21(3,19)20)8-18-11-5-4-10(13(14,15)16)6-9(11)7-17/h4-6,18H,8H2,1-3H3. The molecule has 1 aromatic rings. The van der Waals surface area contributed by atoms with Gasteiger partial charge in [-0.3, -0.25) is 0 Å². The van der Waals surface area contributed by atoms with Crippen LogP contribution in [0.15, 0.2) is 18.2 Å². The van der Waals surface area contributed by atoms with Gasteiger partial charge in [0.05, 0.1) is 21.6 Å². The van der Waals surface area contributed by atoms with E-state index in [2.05, 4.69) is 5.32 Å². The van der Waals surface area contributed by atoms with E-state index in [1.165, 1.54) is 13.8 Å². The minimum absolute atomic E-state index is 0.0219. The molecule has 0 bridgehead atoms. The van der Waals surface area contributed by atoms with Crippen LogP contribution >= 0.6 is 0 Å². The maximum Gasteiger partial charge on any atom is 0.416 e. The second kappa shape index (κ2) is 5.56. The first-order valence-electron chi connectivity index (χ1n) is 5.93. The maximum absolute atomic E-state index is 12.6. The molecule has 0 saturated heterocycles. The van der Waals surface area contributed by atoms with E-state index in [0.29, 0.717) is 0 Å². The van der Waals surface area contributed by atoms with Gasteiger partial charge in [0.2, 0.25) is 0 Å². The summed E-state index contributed by atoms with van der Waals surface area (Å²) < 4.78 is 59.7. The van der Waals surface area contributed by atoms with Crippen LogP contribution in [0, 0.1) is 11.3 Å². The van der Waals surface area contributed by atoms with Gasteiger partial charge in [-0.15, -0.1) is 0 Å². The zero-order chi connectivity index (χ0) is 16.5. The Morgan fingerprint density at radius 2 is 1.86 bits per heavy atom. The van der Waals surface area contributed by atoms with Gasteiger partial charge in [0.25, 0.3) is 0 Å². The lowest BCUT2D eigenvalue weighted by Crippen LogP contribution is -2.38. The number of anilines is 1. The first-order valence-corrected chi connectivity index (χ1v) is 7.82. The Bertz CT molecular complexity index is 674. The number of rotatable bonds is 4. The van der Waals surface area contributed by atoms with Gasteiger partial charge in [0, 0.05) is 12.8 Å². The zero-order valence-corrected chi connectivity index (χ0v) is 12.6. The van der Waals surface area contributed by atoms with Crippen molar-refractivity contribution >= 4 is 15.5 Å². The Labute approximate surface area is 121 Å². The third-order valence-corrected chi connectivity index (χ3v) is 5.33. The molecule has 21 heavy (non-hydrogen) atoms. The third-order valence-electron chi connectivity index (χ3n) is 3.18. The zero-order valence-electron chi connectivity index (χ0n) is 11.7. The van der Waals surface area contributed by atoms with E-state index < -0.39 is 26.3 Å². The Morgan fingerprint density at radius 1 is 1.29 bits per heavy atom. The number of halogens is 3. The van der Waals surface area contributed by atoms with Crippen molar-refractivity contribution in [3.63, 3.8) is 0 Å². The van der Waals surface area contributed by atoms with Crippen molar-refractivity contribution in [2.75, 3.05) is 18.1 Å². The van der Waals surface area contributed by atoms with Crippen molar-refractivity contribution in [1.82, 2.24) is 0 Å². The summed E-state index contributed by atoms with van der Waals surface area (Å²) in [6.07, 6.45) is -3.46. The van der Waals surface area contributed by atoms with Crippen molar-refractivity contribution in [1.29, 1.82) is 5.26 Å². The summed E-state index contributed by atoms with van der Waals surface area (Å²) in [5, 5.41) is 11.6. The summed E-state index contributed by atoms with van der Waals surface area (Å²) in [6.45, 7) is 2.96. The average Bonchev–Trinajstić information content (AvgIpc) is 2.33. The highest BCUT2D eigenvalue weighted by Crippen LogP contribution is 2.31. The second-order valence-electron chi connectivity index (χ2n) is 5.26. The molecule has 4 nitrogen and oxygen atoms in total. The van der Waals surface area contributed by atoms with Crippen molar-refractivity contribution in [2.24, 2.45) is 0 Å². The molecule has 0 atom stereocenters. The fourth-order valence-corrected chi connectivity index (χ4v) is 1.74. The molecule has 0 spiro atoms. The molecule has 0 heterocycles. The number of sulfone groups is 1. The van der Waals surface area contributed by atoms with Crippen molar-refractivity contribution in [2.45, 2.75) is 24.8 Å². The van der Waals surface area contributed by atoms with E-state index in [9.17, 15) is 21.6 Å². The molecule has 8 heteroatoms. The number of nitrogens with one attached hydrogen (secondary N) is 1.